The Morgan fingerprint density at radius 1 is 1.25 bits per heavy atom. The first-order chi connectivity index (χ1) is 9.35. The van der Waals surface area contributed by atoms with Crippen molar-refractivity contribution in [2.45, 2.75) is 78.7 Å². The number of carbonyl (C=O) groups is 1. The third-order valence-corrected chi connectivity index (χ3v) is 4.87. The second-order valence-corrected chi connectivity index (χ2v) is 7.57. The summed E-state index contributed by atoms with van der Waals surface area (Å²) in [4.78, 5) is 12.2. The van der Waals surface area contributed by atoms with Crippen molar-refractivity contribution in [3.05, 3.63) is 0 Å². The zero-order valence-corrected chi connectivity index (χ0v) is 13.9. The van der Waals surface area contributed by atoms with Crippen LogP contribution in [0.3, 0.4) is 0 Å². The van der Waals surface area contributed by atoms with E-state index in [1.54, 1.807) is 0 Å². The van der Waals surface area contributed by atoms with Crippen molar-refractivity contribution in [3.8, 4) is 0 Å². The van der Waals surface area contributed by atoms with E-state index in [4.69, 9.17) is 5.73 Å². The Balaban J connectivity index is 2.40. The lowest BCUT2D eigenvalue weighted by Gasteiger charge is -2.35. The molecule has 0 spiro atoms. The van der Waals surface area contributed by atoms with Crippen LogP contribution in [0.2, 0.25) is 0 Å². The molecule has 0 aromatic carbocycles. The van der Waals surface area contributed by atoms with Gasteiger partial charge in [-0.2, -0.15) is 0 Å². The molecule has 1 rings (SSSR count). The molecule has 0 heterocycles. The fourth-order valence-electron chi connectivity index (χ4n) is 3.38. The summed E-state index contributed by atoms with van der Waals surface area (Å²) in [5.74, 6) is 1.55. The first kappa shape index (κ1) is 17.5. The topological polar surface area (TPSA) is 55.1 Å². The Labute approximate surface area is 125 Å². The third kappa shape index (κ3) is 5.82. The number of hydrogen-bond acceptors (Lipinski definition) is 2. The normalized spacial score (nSPS) is 23.9. The number of amides is 1. The lowest BCUT2D eigenvalue weighted by atomic mass is 9.77. The van der Waals surface area contributed by atoms with E-state index in [0.717, 1.165) is 19.3 Å². The average Bonchev–Trinajstić information content (AvgIpc) is 2.37. The van der Waals surface area contributed by atoms with Crippen molar-refractivity contribution in [3.63, 3.8) is 0 Å². The van der Waals surface area contributed by atoms with Gasteiger partial charge in [0.1, 0.15) is 0 Å². The maximum absolute atomic E-state index is 12.2. The molecule has 1 amide bonds. The van der Waals surface area contributed by atoms with Crippen LogP contribution < -0.4 is 11.1 Å². The highest BCUT2D eigenvalue weighted by molar-refractivity contribution is 5.76. The molecule has 118 valence electrons. The van der Waals surface area contributed by atoms with Gasteiger partial charge < -0.3 is 11.1 Å². The molecule has 0 aliphatic heterocycles. The number of carbonyl (C=O) groups excluding carboxylic acids is 1. The van der Waals surface area contributed by atoms with E-state index in [2.05, 4.69) is 33.0 Å². The summed E-state index contributed by atoms with van der Waals surface area (Å²) in [7, 11) is 0. The molecular formula is C17H34N2O. The van der Waals surface area contributed by atoms with Crippen molar-refractivity contribution in [1.82, 2.24) is 5.32 Å². The Kier molecular flexibility index (Phi) is 7.01. The van der Waals surface area contributed by atoms with E-state index < -0.39 is 0 Å². The van der Waals surface area contributed by atoms with Gasteiger partial charge in [-0.1, -0.05) is 40.5 Å². The van der Waals surface area contributed by atoms with E-state index in [0.29, 0.717) is 30.8 Å². The van der Waals surface area contributed by atoms with Gasteiger partial charge in [0, 0.05) is 12.5 Å². The number of hydrogen-bond donors (Lipinski definition) is 2. The van der Waals surface area contributed by atoms with Crippen molar-refractivity contribution in [1.29, 1.82) is 0 Å². The molecule has 0 bridgehead atoms. The molecule has 3 nitrogen and oxygen atoms in total. The van der Waals surface area contributed by atoms with Crippen molar-refractivity contribution in [2.24, 2.45) is 23.0 Å². The Morgan fingerprint density at radius 3 is 2.50 bits per heavy atom. The van der Waals surface area contributed by atoms with Crippen LogP contribution in [0.4, 0.5) is 0 Å². The zero-order valence-electron chi connectivity index (χ0n) is 13.9. The lowest BCUT2D eigenvalue weighted by Crippen LogP contribution is -2.44. The SMILES string of the molecule is CC(C)C1CCCCC1NC(=O)CCC(C)(C)CCN. The van der Waals surface area contributed by atoms with Gasteiger partial charge >= 0.3 is 0 Å². The molecule has 20 heavy (non-hydrogen) atoms. The molecule has 1 saturated carbocycles. The Bertz CT molecular complexity index is 299. The van der Waals surface area contributed by atoms with Crippen LogP contribution in [0, 0.1) is 17.3 Å². The van der Waals surface area contributed by atoms with Gasteiger partial charge in [-0.3, -0.25) is 4.79 Å². The maximum Gasteiger partial charge on any atom is 0.220 e. The standard InChI is InChI=1S/C17H34N2O/c1-13(2)14-7-5-6-8-15(14)19-16(20)9-10-17(3,4)11-12-18/h13-15H,5-12,18H2,1-4H3,(H,19,20). The fourth-order valence-corrected chi connectivity index (χ4v) is 3.38. The van der Waals surface area contributed by atoms with Crippen molar-refractivity contribution < 1.29 is 4.79 Å². The number of nitrogens with one attached hydrogen (secondary N) is 1. The van der Waals surface area contributed by atoms with Crippen LogP contribution in [-0.2, 0) is 4.79 Å². The Hall–Kier alpha value is -0.570. The lowest BCUT2D eigenvalue weighted by molar-refractivity contribution is -0.123. The van der Waals surface area contributed by atoms with Gasteiger partial charge in [0.25, 0.3) is 0 Å². The minimum Gasteiger partial charge on any atom is -0.353 e. The molecule has 2 unspecified atom stereocenters. The molecule has 1 aliphatic carbocycles. The maximum atomic E-state index is 12.2. The molecule has 1 fully saturated rings. The third-order valence-electron chi connectivity index (χ3n) is 4.87. The van der Waals surface area contributed by atoms with Gasteiger partial charge in [-0.25, -0.2) is 0 Å². The van der Waals surface area contributed by atoms with Gasteiger partial charge in [0.15, 0.2) is 0 Å². The summed E-state index contributed by atoms with van der Waals surface area (Å²) in [6.07, 6.45) is 7.54. The highest BCUT2D eigenvalue weighted by Crippen LogP contribution is 2.31. The summed E-state index contributed by atoms with van der Waals surface area (Å²) in [5, 5.41) is 3.29. The summed E-state index contributed by atoms with van der Waals surface area (Å²) in [6.45, 7) is 9.65. The molecule has 3 N–H and O–H groups in total. The monoisotopic (exact) mass is 282 g/mol. The molecule has 0 aromatic heterocycles. The predicted octanol–water partition coefficient (Wildman–Crippen LogP) is 3.47. The van der Waals surface area contributed by atoms with Crippen LogP contribution in [0.25, 0.3) is 0 Å². The number of rotatable bonds is 7. The highest BCUT2D eigenvalue weighted by Gasteiger charge is 2.29. The molecular weight excluding hydrogens is 248 g/mol. The summed E-state index contributed by atoms with van der Waals surface area (Å²) >= 11 is 0. The minimum absolute atomic E-state index is 0.177. The van der Waals surface area contributed by atoms with Crippen LogP contribution in [0.5, 0.6) is 0 Å². The zero-order chi connectivity index (χ0) is 15.2. The summed E-state index contributed by atoms with van der Waals surface area (Å²) in [6, 6.07) is 0.397. The van der Waals surface area contributed by atoms with Crippen LogP contribution in [-0.4, -0.2) is 18.5 Å². The van der Waals surface area contributed by atoms with E-state index >= 15 is 0 Å². The van der Waals surface area contributed by atoms with Gasteiger partial charge in [0.2, 0.25) is 5.91 Å². The van der Waals surface area contributed by atoms with E-state index in [9.17, 15) is 4.79 Å². The Morgan fingerprint density at radius 2 is 1.90 bits per heavy atom. The van der Waals surface area contributed by atoms with Crippen molar-refractivity contribution in [2.75, 3.05) is 6.54 Å². The first-order valence-corrected chi connectivity index (χ1v) is 8.35. The average molecular weight is 282 g/mol. The predicted molar refractivity (Wildman–Crippen MR) is 85.4 cm³/mol. The summed E-state index contributed by atoms with van der Waals surface area (Å²) < 4.78 is 0. The molecule has 0 saturated heterocycles. The van der Waals surface area contributed by atoms with E-state index in [1.807, 2.05) is 0 Å². The van der Waals surface area contributed by atoms with E-state index in [1.165, 1.54) is 19.3 Å². The van der Waals surface area contributed by atoms with Crippen LogP contribution in [0.1, 0.15) is 72.6 Å². The van der Waals surface area contributed by atoms with Crippen LogP contribution in [0.15, 0.2) is 0 Å². The molecule has 3 heteroatoms. The van der Waals surface area contributed by atoms with Gasteiger partial charge in [-0.05, 0) is 49.5 Å². The van der Waals surface area contributed by atoms with E-state index in [-0.39, 0.29) is 11.3 Å². The highest BCUT2D eigenvalue weighted by atomic mass is 16.1. The second kappa shape index (κ2) is 8.02. The molecule has 0 radical (unpaired) electrons. The summed E-state index contributed by atoms with van der Waals surface area (Å²) in [5.41, 5.74) is 5.80. The van der Waals surface area contributed by atoms with Gasteiger partial charge in [-0.15, -0.1) is 0 Å². The minimum atomic E-state index is 0.177. The fraction of sp³-hybridized carbons (Fsp3) is 0.941. The van der Waals surface area contributed by atoms with Crippen molar-refractivity contribution >= 4 is 5.91 Å². The largest absolute Gasteiger partial charge is 0.353 e. The van der Waals surface area contributed by atoms with Crippen LogP contribution >= 0.6 is 0 Å². The van der Waals surface area contributed by atoms with Gasteiger partial charge in [0.05, 0.1) is 0 Å². The smallest absolute Gasteiger partial charge is 0.220 e. The molecule has 0 aromatic rings. The second-order valence-electron chi connectivity index (χ2n) is 7.57. The molecule has 2 atom stereocenters. The first-order valence-electron chi connectivity index (χ1n) is 8.35. The number of nitrogens with two attached hydrogens (primary N) is 1. The molecule has 1 aliphatic rings. The quantitative estimate of drug-likeness (QED) is 0.751.